The summed E-state index contributed by atoms with van der Waals surface area (Å²) >= 11 is 0. The van der Waals surface area contributed by atoms with Gasteiger partial charge in [0.1, 0.15) is 0 Å². The molecule has 0 aliphatic carbocycles. The molecule has 3 nitrogen and oxygen atoms in total. The van der Waals surface area contributed by atoms with E-state index in [1.54, 1.807) is 0 Å². The Morgan fingerprint density at radius 3 is 1.68 bits per heavy atom. The SMILES string of the molecule is CC(O)C(C)CCCCCCCCC=CCCCCCCCC(=O)O. The van der Waals surface area contributed by atoms with E-state index in [9.17, 15) is 9.90 Å². The monoisotopic (exact) mass is 354 g/mol. The minimum absolute atomic E-state index is 0.163. The van der Waals surface area contributed by atoms with E-state index in [4.69, 9.17) is 5.11 Å². The molecule has 0 rings (SSSR count). The van der Waals surface area contributed by atoms with Gasteiger partial charge in [0.25, 0.3) is 0 Å². The van der Waals surface area contributed by atoms with Crippen LogP contribution < -0.4 is 0 Å². The van der Waals surface area contributed by atoms with E-state index in [2.05, 4.69) is 19.1 Å². The van der Waals surface area contributed by atoms with Gasteiger partial charge in [-0.2, -0.15) is 0 Å². The predicted octanol–water partition coefficient (Wildman–Crippen LogP) is 6.50. The van der Waals surface area contributed by atoms with Crippen molar-refractivity contribution >= 4 is 5.97 Å². The second kappa shape index (κ2) is 18.0. The summed E-state index contributed by atoms with van der Waals surface area (Å²) < 4.78 is 0. The number of carbonyl (C=O) groups is 1. The third-order valence-electron chi connectivity index (χ3n) is 5.03. The largest absolute Gasteiger partial charge is 0.481 e. The van der Waals surface area contributed by atoms with E-state index >= 15 is 0 Å². The summed E-state index contributed by atoms with van der Waals surface area (Å²) in [4.78, 5) is 10.4. The number of unbranched alkanes of at least 4 members (excludes halogenated alkanes) is 11. The van der Waals surface area contributed by atoms with Crippen LogP contribution in [0.2, 0.25) is 0 Å². The topological polar surface area (TPSA) is 57.5 Å². The van der Waals surface area contributed by atoms with Gasteiger partial charge in [-0.05, 0) is 51.4 Å². The van der Waals surface area contributed by atoms with Gasteiger partial charge >= 0.3 is 5.97 Å². The van der Waals surface area contributed by atoms with Crippen LogP contribution in [0.3, 0.4) is 0 Å². The molecule has 0 heterocycles. The molecule has 0 bridgehead atoms. The third kappa shape index (κ3) is 19.3. The second-order valence-electron chi connectivity index (χ2n) is 7.59. The van der Waals surface area contributed by atoms with Crippen molar-refractivity contribution in [3.8, 4) is 0 Å². The van der Waals surface area contributed by atoms with Crippen molar-refractivity contribution in [2.45, 2.75) is 116 Å². The number of hydrogen-bond acceptors (Lipinski definition) is 2. The number of aliphatic hydroxyl groups is 1. The van der Waals surface area contributed by atoms with Crippen LogP contribution in [-0.4, -0.2) is 22.3 Å². The summed E-state index contributed by atoms with van der Waals surface area (Å²) in [6, 6.07) is 0. The molecule has 0 aromatic carbocycles. The second-order valence-corrected chi connectivity index (χ2v) is 7.59. The number of aliphatic carboxylic acids is 1. The highest BCUT2D eigenvalue weighted by Gasteiger charge is 2.07. The van der Waals surface area contributed by atoms with Gasteiger partial charge in [0.15, 0.2) is 0 Å². The van der Waals surface area contributed by atoms with Gasteiger partial charge in [-0.15, -0.1) is 0 Å². The fourth-order valence-electron chi connectivity index (χ4n) is 2.98. The van der Waals surface area contributed by atoms with Gasteiger partial charge in [-0.25, -0.2) is 0 Å². The van der Waals surface area contributed by atoms with Gasteiger partial charge in [-0.1, -0.05) is 70.4 Å². The molecule has 2 atom stereocenters. The Morgan fingerprint density at radius 1 is 0.760 bits per heavy atom. The normalized spacial score (nSPS) is 14.0. The minimum atomic E-state index is -0.672. The predicted molar refractivity (Wildman–Crippen MR) is 107 cm³/mol. The van der Waals surface area contributed by atoms with Crippen molar-refractivity contribution < 1.29 is 15.0 Å². The Balaban J connectivity index is 3.17. The van der Waals surface area contributed by atoms with E-state index in [0.717, 1.165) is 25.7 Å². The van der Waals surface area contributed by atoms with Crippen molar-refractivity contribution in [2.75, 3.05) is 0 Å². The summed E-state index contributed by atoms with van der Waals surface area (Å²) in [5.41, 5.74) is 0. The lowest BCUT2D eigenvalue weighted by atomic mass is 9.98. The molecule has 0 amide bonds. The zero-order valence-electron chi connectivity index (χ0n) is 16.7. The maximum Gasteiger partial charge on any atom is 0.303 e. The first-order chi connectivity index (χ1) is 12.0. The Labute approximate surface area is 155 Å². The van der Waals surface area contributed by atoms with E-state index in [-0.39, 0.29) is 6.10 Å². The molecule has 0 aliphatic heterocycles. The van der Waals surface area contributed by atoms with E-state index in [1.807, 2.05) is 6.92 Å². The molecule has 0 aromatic heterocycles. The summed E-state index contributed by atoms with van der Waals surface area (Å²) in [5, 5.41) is 18.0. The lowest BCUT2D eigenvalue weighted by Crippen LogP contribution is -2.12. The molecule has 2 unspecified atom stereocenters. The highest BCUT2D eigenvalue weighted by molar-refractivity contribution is 5.66. The summed E-state index contributed by atoms with van der Waals surface area (Å²) in [7, 11) is 0. The molecule has 0 saturated heterocycles. The first kappa shape index (κ1) is 24.2. The van der Waals surface area contributed by atoms with E-state index in [0.29, 0.717) is 12.3 Å². The molecule has 0 spiro atoms. The average Bonchev–Trinajstić information content (AvgIpc) is 2.57. The molecule has 0 saturated carbocycles. The number of rotatable bonds is 18. The van der Waals surface area contributed by atoms with Crippen LogP contribution in [0.5, 0.6) is 0 Å². The van der Waals surface area contributed by atoms with Crippen molar-refractivity contribution in [2.24, 2.45) is 5.92 Å². The van der Waals surface area contributed by atoms with Crippen LogP contribution >= 0.6 is 0 Å². The molecular weight excluding hydrogens is 312 g/mol. The standard InChI is InChI=1S/C22H42O3/c1-20(21(2)23)18-16-14-12-10-8-6-4-3-5-7-9-11-13-15-17-19-22(24)25/h3,5,20-21,23H,4,6-19H2,1-2H3,(H,24,25). The zero-order chi connectivity index (χ0) is 18.8. The Hall–Kier alpha value is -0.830. The quantitative estimate of drug-likeness (QED) is 0.218. The van der Waals surface area contributed by atoms with Gasteiger partial charge < -0.3 is 10.2 Å². The van der Waals surface area contributed by atoms with Gasteiger partial charge in [0, 0.05) is 6.42 Å². The van der Waals surface area contributed by atoms with Gasteiger partial charge in [-0.3, -0.25) is 4.79 Å². The van der Waals surface area contributed by atoms with Crippen LogP contribution in [0.15, 0.2) is 12.2 Å². The fraction of sp³-hybridized carbons (Fsp3) is 0.864. The Kier molecular flexibility index (Phi) is 17.4. The minimum Gasteiger partial charge on any atom is -0.481 e. The smallest absolute Gasteiger partial charge is 0.303 e. The number of carboxylic acids is 1. The third-order valence-corrected chi connectivity index (χ3v) is 5.03. The van der Waals surface area contributed by atoms with Crippen LogP contribution in [0.1, 0.15) is 110 Å². The number of allylic oxidation sites excluding steroid dienone is 2. The highest BCUT2D eigenvalue weighted by Crippen LogP contribution is 2.15. The van der Waals surface area contributed by atoms with Gasteiger partial charge in [0.05, 0.1) is 6.10 Å². The lowest BCUT2D eigenvalue weighted by Gasteiger charge is -2.13. The van der Waals surface area contributed by atoms with Crippen molar-refractivity contribution in [1.29, 1.82) is 0 Å². The summed E-state index contributed by atoms with van der Waals surface area (Å²) in [5.74, 6) is -0.233. The molecule has 2 N–H and O–H groups in total. The van der Waals surface area contributed by atoms with Crippen LogP contribution in [-0.2, 0) is 4.79 Å². The molecule has 3 heteroatoms. The van der Waals surface area contributed by atoms with Crippen LogP contribution in [0.4, 0.5) is 0 Å². The summed E-state index contributed by atoms with van der Waals surface area (Å²) in [6.07, 6.45) is 21.7. The molecule has 0 aliphatic rings. The molecule has 25 heavy (non-hydrogen) atoms. The van der Waals surface area contributed by atoms with Crippen molar-refractivity contribution in [1.82, 2.24) is 0 Å². The maximum atomic E-state index is 10.4. The molecule has 0 aromatic rings. The summed E-state index contributed by atoms with van der Waals surface area (Å²) in [6.45, 7) is 4.02. The number of aliphatic hydroxyl groups excluding tert-OH is 1. The van der Waals surface area contributed by atoms with E-state index in [1.165, 1.54) is 64.2 Å². The maximum absolute atomic E-state index is 10.4. The number of hydrogen-bond donors (Lipinski definition) is 2. The zero-order valence-corrected chi connectivity index (χ0v) is 16.7. The highest BCUT2D eigenvalue weighted by atomic mass is 16.4. The van der Waals surface area contributed by atoms with Crippen LogP contribution in [0, 0.1) is 5.92 Å². The Morgan fingerprint density at radius 2 is 1.20 bits per heavy atom. The first-order valence-electron chi connectivity index (χ1n) is 10.6. The van der Waals surface area contributed by atoms with Gasteiger partial charge in [0.2, 0.25) is 0 Å². The fourth-order valence-corrected chi connectivity index (χ4v) is 2.98. The molecule has 0 radical (unpaired) electrons. The lowest BCUT2D eigenvalue weighted by molar-refractivity contribution is -0.137. The molecular formula is C22H42O3. The van der Waals surface area contributed by atoms with Crippen molar-refractivity contribution in [3.05, 3.63) is 12.2 Å². The average molecular weight is 355 g/mol. The molecule has 0 fully saturated rings. The van der Waals surface area contributed by atoms with Crippen molar-refractivity contribution in [3.63, 3.8) is 0 Å². The van der Waals surface area contributed by atoms with E-state index < -0.39 is 5.97 Å². The Bertz CT molecular complexity index is 323. The molecule has 148 valence electrons. The van der Waals surface area contributed by atoms with Crippen LogP contribution in [0.25, 0.3) is 0 Å². The number of carboxylic acid groups (broad SMARTS) is 1. The first-order valence-corrected chi connectivity index (χ1v) is 10.6.